The van der Waals surface area contributed by atoms with E-state index in [1.807, 2.05) is 44.2 Å². The normalized spacial score (nSPS) is 32.8. The first-order valence-corrected chi connectivity index (χ1v) is 10.4. The largest absolute Gasteiger partial charge is 0.452 e. The van der Waals surface area contributed by atoms with Gasteiger partial charge in [0.05, 0.1) is 5.41 Å². The fraction of sp³-hybridized carbons (Fsp3) is 0.652. The van der Waals surface area contributed by atoms with Gasteiger partial charge in [0.1, 0.15) is 0 Å². The molecule has 5 rings (SSSR count). The predicted octanol–water partition coefficient (Wildman–Crippen LogP) is 3.98. The van der Waals surface area contributed by atoms with Crippen molar-refractivity contribution in [1.82, 2.24) is 5.32 Å². The summed E-state index contributed by atoms with van der Waals surface area (Å²) in [5.41, 5.74) is 0.0569. The van der Waals surface area contributed by atoms with Gasteiger partial charge in [-0.2, -0.15) is 0 Å². The number of hydrogen-bond donors (Lipinski definition) is 1. The Balaban J connectivity index is 1.39. The minimum Gasteiger partial charge on any atom is -0.452 e. The molecule has 0 saturated heterocycles. The van der Waals surface area contributed by atoms with Crippen molar-refractivity contribution in [3.05, 3.63) is 35.9 Å². The Morgan fingerprint density at radius 3 is 2.07 bits per heavy atom. The molecule has 0 aromatic heterocycles. The number of ether oxygens (including phenoxy) is 1. The van der Waals surface area contributed by atoms with Gasteiger partial charge in [-0.15, -0.1) is 0 Å². The second-order valence-electron chi connectivity index (χ2n) is 9.73. The number of benzene rings is 1. The molecule has 1 aromatic rings. The Morgan fingerprint density at radius 1 is 1.04 bits per heavy atom. The smallest absolute Gasteiger partial charge is 0.316 e. The van der Waals surface area contributed by atoms with Gasteiger partial charge in [0.25, 0.3) is 5.91 Å². The predicted molar refractivity (Wildman–Crippen MR) is 104 cm³/mol. The molecule has 146 valence electrons. The highest BCUT2D eigenvalue weighted by molar-refractivity contribution is 5.87. The first kappa shape index (κ1) is 18.5. The molecule has 0 aliphatic heterocycles. The van der Waals surface area contributed by atoms with Crippen LogP contribution in [0.25, 0.3) is 0 Å². The molecule has 4 bridgehead atoms. The van der Waals surface area contributed by atoms with Crippen LogP contribution in [-0.4, -0.2) is 23.5 Å². The van der Waals surface area contributed by atoms with Crippen LogP contribution in [0.15, 0.2) is 30.3 Å². The molecule has 4 heteroatoms. The lowest BCUT2D eigenvalue weighted by Gasteiger charge is -2.57. The highest BCUT2D eigenvalue weighted by Gasteiger charge is 2.52. The molecule has 4 nitrogen and oxygen atoms in total. The number of rotatable bonds is 5. The summed E-state index contributed by atoms with van der Waals surface area (Å²) in [6.45, 7) is 5.37. The molecule has 1 amide bonds. The van der Waals surface area contributed by atoms with Gasteiger partial charge in [0.2, 0.25) is 0 Å². The standard InChI is InChI=1S/C23H31NO3/c1-15(27-21(26)22(2,3)19-7-5-4-6-8-19)20(25)24-23-12-16-9-17(13-23)11-18(10-16)14-23/h4-8,15-18H,9-14H2,1-3H3,(H,24,25)/t15-,16?,17?,18?,23?/m1/s1. The zero-order valence-electron chi connectivity index (χ0n) is 16.7. The molecule has 1 N–H and O–H groups in total. The minimum atomic E-state index is -0.781. The van der Waals surface area contributed by atoms with Gasteiger partial charge in [0.15, 0.2) is 6.10 Å². The molecule has 4 aliphatic carbocycles. The molecule has 27 heavy (non-hydrogen) atoms. The van der Waals surface area contributed by atoms with Crippen LogP contribution in [0, 0.1) is 17.8 Å². The van der Waals surface area contributed by atoms with E-state index in [4.69, 9.17) is 4.74 Å². The third-order valence-corrected chi connectivity index (χ3v) is 7.09. The second kappa shape index (κ2) is 6.65. The Kier molecular flexibility index (Phi) is 4.56. The summed E-state index contributed by atoms with van der Waals surface area (Å²) in [5.74, 6) is 1.81. The molecule has 0 unspecified atom stereocenters. The van der Waals surface area contributed by atoms with E-state index in [0.717, 1.165) is 42.6 Å². The van der Waals surface area contributed by atoms with Crippen LogP contribution in [-0.2, 0) is 19.7 Å². The van der Waals surface area contributed by atoms with E-state index in [0.29, 0.717) is 0 Å². The Bertz CT molecular complexity index is 689. The summed E-state index contributed by atoms with van der Waals surface area (Å²) in [5, 5.41) is 3.30. The van der Waals surface area contributed by atoms with Crippen molar-refractivity contribution in [2.75, 3.05) is 0 Å². The number of nitrogens with one attached hydrogen (secondary N) is 1. The third kappa shape index (κ3) is 3.51. The maximum atomic E-state index is 12.8. The van der Waals surface area contributed by atoms with Crippen LogP contribution in [0.3, 0.4) is 0 Å². The van der Waals surface area contributed by atoms with E-state index in [1.165, 1.54) is 19.3 Å². The lowest BCUT2D eigenvalue weighted by atomic mass is 9.53. The lowest BCUT2D eigenvalue weighted by molar-refractivity contribution is -0.161. The zero-order chi connectivity index (χ0) is 19.2. The Labute approximate surface area is 162 Å². The summed E-state index contributed by atoms with van der Waals surface area (Å²) < 4.78 is 5.59. The van der Waals surface area contributed by atoms with E-state index >= 15 is 0 Å². The quantitative estimate of drug-likeness (QED) is 0.799. The third-order valence-electron chi connectivity index (χ3n) is 7.09. The van der Waals surface area contributed by atoms with Crippen molar-refractivity contribution in [3.8, 4) is 0 Å². The molecule has 0 heterocycles. The van der Waals surface area contributed by atoms with Gasteiger partial charge < -0.3 is 10.1 Å². The summed E-state index contributed by atoms with van der Waals surface area (Å²) >= 11 is 0. The average Bonchev–Trinajstić information content (AvgIpc) is 2.60. The topological polar surface area (TPSA) is 55.4 Å². The van der Waals surface area contributed by atoms with E-state index in [9.17, 15) is 9.59 Å². The highest BCUT2D eigenvalue weighted by atomic mass is 16.5. The molecular weight excluding hydrogens is 338 g/mol. The number of esters is 1. The first-order chi connectivity index (χ1) is 12.8. The van der Waals surface area contributed by atoms with Gasteiger partial charge in [-0.3, -0.25) is 9.59 Å². The van der Waals surface area contributed by atoms with Crippen LogP contribution >= 0.6 is 0 Å². The highest BCUT2D eigenvalue weighted by Crippen LogP contribution is 2.55. The molecule has 0 spiro atoms. The number of carbonyl (C=O) groups is 2. The fourth-order valence-electron chi connectivity index (χ4n) is 5.96. The number of hydrogen-bond acceptors (Lipinski definition) is 3. The second-order valence-corrected chi connectivity index (χ2v) is 9.73. The van der Waals surface area contributed by atoms with Crippen LogP contribution in [0.2, 0.25) is 0 Å². The van der Waals surface area contributed by atoms with E-state index < -0.39 is 11.5 Å². The van der Waals surface area contributed by atoms with Crippen LogP contribution in [0.1, 0.15) is 64.9 Å². The van der Waals surface area contributed by atoms with Gasteiger partial charge in [-0.1, -0.05) is 30.3 Å². The maximum Gasteiger partial charge on any atom is 0.316 e. The fourth-order valence-corrected chi connectivity index (χ4v) is 5.96. The van der Waals surface area contributed by atoms with Crippen LogP contribution in [0.4, 0.5) is 0 Å². The van der Waals surface area contributed by atoms with Gasteiger partial charge in [0, 0.05) is 5.54 Å². The molecule has 4 fully saturated rings. The SMILES string of the molecule is C[C@@H](OC(=O)C(C)(C)c1ccccc1)C(=O)NC12CC3CC(CC(C3)C1)C2. The molecule has 1 atom stereocenters. The summed E-state index contributed by atoms with van der Waals surface area (Å²) in [7, 11) is 0. The Hall–Kier alpha value is -1.84. The van der Waals surface area contributed by atoms with Crippen molar-refractivity contribution in [1.29, 1.82) is 0 Å². The minimum absolute atomic E-state index is 0.0541. The molecular formula is C23H31NO3. The van der Waals surface area contributed by atoms with Crippen LogP contribution in [0.5, 0.6) is 0 Å². The van der Waals surface area contributed by atoms with Gasteiger partial charge in [-0.25, -0.2) is 0 Å². The maximum absolute atomic E-state index is 12.8. The summed E-state index contributed by atoms with van der Waals surface area (Å²) in [4.78, 5) is 25.6. The number of carbonyl (C=O) groups excluding carboxylic acids is 2. The van der Waals surface area contributed by atoms with Crippen LogP contribution < -0.4 is 5.32 Å². The summed E-state index contributed by atoms with van der Waals surface area (Å²) in [6.07, 6.45) is 6.54. The van der Waals surface area contributed by atoms with Crippen molar-refractivity contribution in [2.24, 2.45) is 17.8 Å². The van der Waals surface area contributed by atoms with Crippen molar-refractivity contribution >= 4 is 11.9 Å². The van der Waals surface area contributed by atoms with E-state index in [1.54, 1.807) is 6.92 Å². The van der Waals surface area contributed by atoms with Crippen molar-refractivity contribution in [2.45, 2.75) is 76.4 Å². The summed E-state index contributed by atoms with van der Waals surface area (Å²) in [6, 6.07) is 9.58. The monoisotopic (exact) mass is 369 g/mol. The van der Waals surface area contributed by atoms with Gasteiger partial charge >= 0.3 is 5.97 Å². The molecule has 0 radical (unpaired) electrons. The first-order valence-electron chi connectivity index (χ1n) is 10.4. The molecule has 1 aromatic carbocycles. The van der Waals surface area contributed by atoms with Crippen molar-refractivity contribution < 1.29 is 14.3 Å². The van der Waals surface area contributed by atoms with E-state index in [-0.39, 0.29) is 17.4 Å². The van der Waals surface area contributed by atoms with Gasteiger partial charge in [-0.05, 0) is 82.6 Å². The Morgan fingerprint density at radius 2 is 1.56 bits per heavy atom. The molecule has 4 aliphatic rings. The molecule has 4 saturated carbocycles. The number of amides is 1. The lowest BCUT2D eigenvalue weighted by Crippen LogP contribution is -2.61. The zero-order valence-corrected chi connectivity index (χ0v) is 16.7. The van der Waals surface area contributed by atoms with Crippen molar-refractivity contribution in [3.63, 3.8) is 0 Å². The van der Waals surface area contributed by atoms with E-state index in [2.05, 4.69) is 5.32 Å². The average molecular weight is 370 g/mol.